The molecule has 23 heavy (non-hydrogen) atoms. The summed E-state index contributed by atoms with van der Waals surface area (Å²) in [5.74, 6) is 0.940. The minimum atomic E-state index is -0.300. The molecule has 0 aliphatic rings. The van der Waals surface area contributed by atoms with E-state index < -0.39 is 0 Å². The lowest BCUT2D eigenvalue weighted by atomic mass is 10.3. The Hall–Kier alpha value is -2.08. The number of hydrogen-bond acceptors (Lipinski definition) is 3. The van der Waals surface area contributed by atoms with Crippen LogP contribution < -0.4 is 15.4 Å². The van der Waals surface area contributed by atoms with E-state index in [9.17, 15) is 4.39 Å². The molecule has 0 bridgehead atoms. The Labute approximate surface area is 140 Å². The minimum absolute atomic E-state index is 0.112. The van der Waals surface area contributed by atoms with Crippen LogP contribution in [0.3, 0.4) is 0 Å². The Kier molecular flexibility index (Phi) is 6.40. The van der Waals surface area contributed by atoms with E-state index >= 15 is 0 Å². The highest BCUT2D eigenvalue weighted by Crippen LogP contribution is 2.15. The number of nitrogens with one attached hydrogen (secondary N) is 2. The molecule has 0 radical (unpaired) electrons. The second-order valence-electron chi connectivity index (χ2n) is 5.22. The van der Waals surface area contributed by atoms with Gasteiger partial charge in [-0.25, -0.2) is 4.39 Å². The number of benzene rings is 1. The smallest absolute Gasteiger partial charge is 0.191 e. The molecule has 0 saturated carbocycles. The first-order valence-electron chi connectivity index (χ1n) is 7.48. The van der Waals surface area contributed by atoms with E-state index in [1.54, 1.807) is 30.5 Å². The van der Waals surface area contributed by atoms with Crippen molar-refractivity contribution in [2.45, 2.75) is 26.5 Å². The van der Waals surface area contributed by atoms with Crippen LogP contribution in [0.25, 0.3) is 0 Å². The monoisotopic (exact) mass is 335 g/mol. The zero-order valence-electron chi connectivity index (χ0n) is 13.6. The van der Waals surface area contributed by atoms with Gasteiger partial charge in [0.2, 0.25) is 0 Å². The van der Waals surface area contributed by atoms with E-state index in [2.05, 4.69) is 34.0 Å². The van der Waals surface area contributed by atoms with E-state index in [-0.39, 0.29) is 11.9 Å². The number of nitrogens with zero attached hydrogens (tertiary/aromatic N) is 1. The Bertz CT molecular complexity index is 657. The highest BCUT2D eigenvalue weighted by molar-refractivity contribution is 7.10. The first kappa shape index (κ1) is 17.3. The number of guanidine groups is 1. The predicted molar refractivity (Wildman–Crippen MR) is 93.7 cm³/mol. The van der Waals surface area contributed by atoms with Crippen LogP contribution in [0.2, 0.25) is 0 Å². The molecule has 0 saturated heterocycles. The summed E-state index contributed by atoms with van der Waals surface area (Å²) in [5.41, 5.74) is 1.28. The summed E-state index contributed by atoms with van der Waals surface area (Å²) >= 11 is 1.72. The minimum Gasteiger partial charge on any atom is -0.489 e. The number of hydrogen-bond donors (Lipinski definition) is 2. The molecule has 0 aliphatic carbocycles. The molecule has 6 heteroatoms. The molecule has 0 aliphatic heterocycles. The van der Waals surface area contributed by atoms with Crippen molar-refractivity contribution in [1.82, 2.24) is 10.6 Å². The van der Waals surface area contributed by atoms with Crippen molar-refractivity contribution in [3.05, 3.63) is 52.0 Å². The van der Waals surface area contributed by atoms with Crippen molar-refractivity contribution >= 4 is 17.3 Å². The van der Waals surface area contributed by atoms with E-state index in [1.807, 2.05) is 6.92 Å². The lowest BCUT2D eigenvalue weighted by Gasteiger charge is -2.17. The third-order valence-corrected chi connectivity index (χ3v) is 4.32. The summed E-state index contributed by atoms with van der Waals surface area (Å²) < 4.78 is 18.8. The van der Waals surface area contributed by atoms with Gasteiger partial charge in [-0.05, 0) is 43.0 Å². The summed E-state index contributed by atoms with van der Waals surface area (Å²) in [7, 11) is 1.73. The van der Waals surface area contributed by atoms with Crippen molar-refractivity contribution < 1.29 is 9.13 Å². The van der Waals surface area contributed by atoms with Crippen molar-refractivity contribution in [2.75, 3.05) is 13.6 Å². The van der Waals surface area contributed by atoms with Gasteiger partial charge >= 0.3 is 0 Å². The van der Waals surface area contributed by atoms with Gasteiger partial charge in [0.1, 0.15) is 17.7 Å². The molecule has 0 spiro atoms. The van der Waals surface area contributed by atoms with Gasteiger partial charge in [-0.3, -0.25) is 4.99 Å². The number of ether oxygens (including phenoxy) is 1. The molecular formula is C17H22FN3OS. The topological polar surface area (TPSA) is 45.7 Å². The van der Waals surface area contributed by atoms with Gasteiger partial charge in [0.25, 0.3) is 0 Å². The summed E-state index contributed by atoms with van der Waals surface area (Å²) in [6.07, 6.45) is -0.112. The maximum Gasteiger partial charge on any atom is 0.191 e. The van der Waals surface area contributed by atoms with E-state index in [0.29, 0.717) is 18.3 Å². The molecule has 1 atom stereocenters. The van der Waals surface area contributed by atoms with Crippen LogP contribution in [0.5, 0.6) is 5.75 Å². The van der Waals surface area contributed by atoms with Crippen LogP contribution in [0.15, 0.2) is 40.7 Å². The standard InChI is InChI=1S/C17H22FN3OS/c1-12-7-8-23-16(12)11-21-17(19-3)20-10-13(2)22-15-6-4-5-14(18)9-15/h4-9,13H,10-11H2,1-3H3,(H2,19,20,21). The van der Waals surface area contributed by atoms with Crippen LogP contribution in [-0.4, -0.2) is 25.7 Å². The van der Waals surface area contributed by atoms with Crippen molar-refractivity contribution in [3.8, 4) is 5.75 Å². The zero-order valence-corrected chi connectivity index (χ0v) is 14.4. The zero-order chi connectivity index (χ0) is 16.7. The molecule has 2 N–H and O–H groups in total. The maximum atomic E-state index is 13.1. The van der Waals surface area contributed by atoms with E-state index in [4.69, 9.17) is 4.74 Å². The van der Waals surface area contributed by atoms with Crippen LogP contribution in [0.4, 0.5) is 4.39 Å². The molecule has 2 rings (SSSR count). The van der Waals surface area contributed by atoms with Crippen LogP contribution in [-0.2, 0) is 6.54 Å². The lowest BCUT2D eigenvalue weighted by Crippen LogP contribution is -2.41. The van der Waals surface area contributed by atoms with Crippen molar-refractivity contribution in [2.24, 2.45) is 4.99 Å². The van der Waals surface area contributed by atoms with Gasteiger partial charge in [0, 0.05) is 18.0 Å². The predicted octanol–water partition coefficient (Wildman–Crippen LogP) is 3.33. The Balaban J connectivity index is 1.77. The first-order valence-corrected chi connectivity index (χ1v) is 8.36. The maximum absolute atomic E-state index is 13.1. The van der Waals surface area contributed by atoms with Gasteiger partial charge < -0.3 is 15.4 Å². The SMILES string of the molecule is CN=C(NCc1sccc1C)NCC(C)Oc1cccc(F)c1. The molecule has 0 fully saturated rings. The molecular weight excluding hydrogens is 313 g/mol. The second-order valence-corrected chi connectivity index (χ2v) is 6.22. The Morgan fingerprint density at radius 1 is 1.35 bits per heavy atom. The summed E-state index contributed by atoms with van der Waals surface area (Å²) in [6, 6.07) is 8.25. The molecule has 1 heterocycles. The molecule has 1 unspecified atom stereocenters. The van der Waals surface area contributed by atoms with Gasteiger partial charge in [-0.15, -0.1) is 11.3 Å². The van der Waals surface area contributed by atoms with Gasteiger partial charge in [0.15, 0.2) is 5.96 Å². The summed E-state index contributed by atoms with van der Waals surface area (Å²) in [4.78, 5) is 5.48. The van der Waals surface area contributed by atoms with Crippen LogP contribution >= 0.6 is 11.3 Å². The number of halogens is 1. The number of rotatable bonds is 6. The molecule has 0 amide bonds. The quantitative estimate of drug-likeness (QED) is 0.629. The van der Waals surface area contributed by atoms with Crippen molar-refractivity contribution in [3.63, 3.8) is 0 Å². The third-order valence-electron chi connectivity index (χ3n) is 3.30. The second kappa shape index (κ2) is 8.53. The third kappa shape index (κ3) is 5.56. The van der Waals surface area contributed by atoms with Crippen molar-refractivity contribution in [1.29, 1.82) is 0 Å². The number of aliphatic imine (C=N–C) groups is 1. The Morgan fingerprint density at radius 3 is 2.83 bits per heavy atom. The molecule has 1 aromatic heterocycles. The fourth-order valence-electron chi connectivity index (χ4n) is 2.02. The highest BCUT2D eigenvalue weighted by Gasteiger charge is 2.07. The number of aryl methyl sites for hydroxylation is 1. The van der Waals surface area contributed by atoms with Crippen LogP contribution in [0.1, 0.15) is 17.4 Å². The molecule has 4 nitrogen and oxygen atoms in total. The fourth-order valence-corrected chi connectivity index (χ4v) is 2.87. The fraction of sp³-hybridized carbons (Fsp3) is 0.353. The normalized spacial score (nSPS) is 12.8. The van der Waals surface area contributed by atoms with Gasteiger partial charge in [-0.1, -0.05) is 6.07 Å². The Morgan fingerprint density at radius 2 is 2.17 bits per heavy atom. The first-order chi connectivity index (χ1) is 11.1. The van der Waals surface area contributed by atoms with Gasteiger partial charge in [-0.2, -0.15) is 0 Å². The highest BCUT2D eigenvalue weighted by atomic mass is 32.1. The van der Waals surface area contributed by atoms with Gasteiger partial charge in [0.05, 0.1) is 13.1 Å². The molecule has 2 aromatic rings. The molecule has 124 valence electrons. The van der Waals surface area contributed by atoms with E-state index in [0.717, 1.165) is 6.54 Å². The largest absolute Gasteiger partial charge is 0.489 e. The molecule has 1 aromatic carbocycles. The van der Waals surface area contributed by atoms with E-state index in [1.165, 1.54) is 22.6 Å². The summed E-state index contributed by atoms with van der Waals surface area (Å²) in [5, 5.41) is 8.57. The van der Waals surface area contributed by atoms with Crippen LogP contribution in [0, 0.1) is 12.7 Å². The number of thiophene rings is 1. The lowest BCUT2D eigenvalue weighted by molar-refractivity contribution is 0.223. The average molecular weight is 335 g/mol. The average Bonchev–Trinajstić information content (AvgIpc) is 2.93. The summed E-state index contributed by atoms with van der Waals surface area (Å²) in [6.45, 7) is 5.33.